The number of aliphatic hydroxyl groups excluding tert-OH is 1. The minimum atomic E-state index is -0.723. The molecule has 4 heteroatoms. The molecular formula is C17H22N2O2. The van der Waals surface area contributed by atoms with Crippen molar-refractivity contribution >= 4 is 16.7 Å². The van der Waals surface area contributed by atoms with E-state index in [4.69, 9.17) is 5.73 Å². The number of rotatable bonds is 5. The summed E-state index contributed by atoms with van der Waals surface area (Å²) in [6.07, 6.45) is -0.723. The van der Waals surface area contributed by atoms with Crippen molar-refractivity contribution in [3.8, 4) is 0 Å². The smallest absolute Gasteiger partial charge is 0.224 e. The number of aliphatic hydroxyl groups is 1. The summed E-state index contributed by atoms with van der Waals surface area (Å²) in [5.41, 5.74) is 6.49. The fourth-order valence-corrected chi connectivity index (χ4v) is 2.13. The maximum absolute atomic E-state index is 11.8. The average Bonchev–Trinajstić information content (AvgIpc) is 2.50. The van der Waals surface area contributed by atoms with Gasteiger partial charge in [0.1, 0.15) is 0 Å². The summed E-state index contributed by atoms with van der Waals surface area (Å²) in [5.74, 6) is -0.404. The third kappa shape index (κ3) is 3.80. The molecule has 4 N–H and O–H groups in total. The van der Waals surface area contributed by atoms with Gasteiger partial charge in [0.15, 0.2) is 0 Å². The SMILES string of the molecule is CC(N)C(C)C(=O)NCC(O)c1ccc2ccccc2c1. The van der Waals surface area contributed by atoms with Crippen molar-refractivity contribution < 1.29 is 9.90 Å². The number of hydrogen-bond acceptors (Lipinski definition) is 3. The van der Waals surface area contributed by atoms with Crippen molar-refractivity contribution in [1.82, 2.24) is 5.32 Å². The molecule has 1 amide bonds. The third-order valence-electron chi connectivity index (χ3n) is 3.83. The summed E-state index contributed by atoms with van der Waals surface area (Å²) < 4.78 is 0. The third-order valence-corrected chi connectivity index (χ3v) is 3.83. The molecule has 3 unspecified atom stereocenters. The number of amides is 1. The van der Waals surface area contributed by atoms with Crippen molar-refractivity contribution in [2.75, 3.05) is 6.54 Å². The molecule has 2 aromatic rings. The van der Waals surface area contributed by atoms with Gasteiger partial charge >= 0.3 is 0 Å². The lowest BCUT2D eigenvalue weighted by Gasteiger charge is -2.18. The lowest BCUT2D eigenvalue weighted by Crippen LogP contribution is -2.40. The molecule has 0 aliphatic carbocycles. The van der Waals surface area contributed by atoms with Crippen LogP contribution in [0.4, 0.5) is 0 Å². The second kappa shape index (κ2) is 6.70. The van der Waals surface area contributed by atoms with Crippen LogP contribution in [0.25, 0.3) is 10.8 Å². The van der Waals surface area contributed by atoms with E-state index in [0.717, 1.165) is 16.3 Å². The quantitative estimate of drug-likeness (QED) is 0.786. The van der Waals surface area contributed by atoms with Crippen LogP contribution >= 0.6 is 0 Å². The van der Waals surface area contributed by atoms with Crippen LogP contribution in [0.3, 0.4) is 0 Å². The molecule has 2 rings (SSSR count). The molecule has 4 nitrogen and oxygen atoms in total. The molecule has 0 radical (unpaired) electrons. The Morgan fingerprint density at radius 3 is 2.52 bits per heavy atom. The highest BCUT2D eigenvalue weighted by molar-refractivity contribution is 5.83. The molecule has 2 aromatic carbocycles. The first kappa shape index (κ1) is 15.5. The van der Waals surface area contributed by atoms with E-state index >= 15 is 0 Å². The highest BCUT2D eigenvalue weighted by Gasteiger charge is 2.18. The molecule has 0 aliphatic rings. The highest BCUT2D eigenvalue weighted by atomic mass is 16.3. The van der Waals surface area contributed by atoms with Crippen LogP contribution in [0, 0.1) is 5.92 Å². The molecular weight excluding hydrogens is 264 g/mol. The molecule has 0 heterocycles. The Bertz CT molecular complexity index is 625. The lowest BCUT2D eigenvalue weighted by atomic mass is 10.0. The van der Waals surface area contributed by atoms with E-state index in [1.165, 1.54) is 0 Å². The zero-order valence-electron chi connectivity index (χ0n) is 12.4. The van der Waals surface area contributed by atoms with Crippen molar-refractivity contribution in [1.29, 1.82) is 0 Å². The predicted octanol–water partition coefficient (Wildman–Crippen LogP) is 1.97. The Morgan fingerprint density at radius 2 is 1.86 bits per heavy atom. The fourth-order valence-electron chi connectivity index (χ4n) is 2.13. The summed E-state index contributed by atoms with van der Waals surface area (Å²) in [6.45, 7) is 3.76. The van der Waals surface area contributed by atoms with Gasteiger partial charge in [0, 0.05) is 18.5 Å². The predicted molar refractivity (Wildman–Crippen MR) is 84.7 cm³/mol. The molecule has 0 fully saturated rings. The fraction of sp³-hybridized carbons (Fsp3) is 0.353. The van der Waals surface area contributed by atoms with Crippen molar-refractivity contribution in [3.63, 3.8) is 0 Å². The van der Waals surface area contributed by atoms with E-state index in [2.05, 4.69) is 5.32 Å². The topological polar surface area (TPSA) is 75.4 Å². The molecule has 21 heavy (non-hydrogen) atoms. The minimum Gasteiger partial charge on any atom is -0.387 e. The summed E-state index contributed by atoms with van der Waals surface area (Å²) in [5, 5.41) is 15.1. The summed E-state index contributed by atoms with van der Waals surface area (Å²) in [6, 6.07) is 13.6. The normalized spacial score (nSPS) is 15.4. The Morgan fingerprint density at radius 1 is 1.19 bits per heavy atom. The van der Waals surface area contributed by atoms with E-state index in [-0.39, 0.29) is 24.4 Å². The van der Waals surface area contributed by atoms with Crippen LogP contribution in [0.15, 0.2) is 42.5 Å². The van der Waals surface area contributed by atoms with E-state index in [1.807, 2.05) is 42.5 Å². The first-order chi connectivity index (χ1) is 9.99. The minimum absolute atomic E-state index is 0.134. The van der Waals surface area contributed by atoms with Gasteiger partial charge in [0.05, 0.1) is 6.10 Å². The van der Waals surface area contributed by atoms with Crippen LogP contribution in [-0.2, 0) is 4.79 Å². The van der Waals surface area contributed by atoms with Crippen LogP contribution in [0.2, 0.25) is 0 Å². The molecule has 3 atom stereocenters. The molecule has 0 aliphatic heterocycles. The molecule has 0 spiro atoms. The molecule has 0 bridgehead atoms. The van der Waals surface area contributed by atoms with Crippen molar-refractivity contribution in [3.05, 3.63) is 48.0 Å². The second-order valence-corrected chi connectivity index (χ2v) is 5.52. The van der Waals surface area contributed by atoms with Gasteiger partial charge in [-0.3, -0.25) is 4.79 Å². The number of fused-ring (bicyclic) bond motifs is 1. The maximum Gasteiger partial charge on any atom is 0.224 e. The van der Waals surface area contributed by atoms with Gasteiger partial charge in [-0.25, -0.2) is 0 Å². The van der Waals surface area contributed by atoms with E-state index in [1.54, 1.807) is 13.8 Å². The summed E-state index contributed by atoms with van der Waals surface area (Å²) in [4.78, 5) is 11.8. The maximum atomic E-state index is 11.8. The Labute approximate surface area is 125 Å². The lowest BCUT2D eigenvalue weighted by molar-refractivity contribution is -0.125. The molecule has 0 saturated heterocycles. The molecule has 0 aromatic heterocycles. The highest BCUT2D eigenvalue weighted by Crippen LogP contribution is 2.20. The Hall–Kier alpha value is -1.91. The van der Waals surface area contributed by atoms with Gasteiger partial charge in [-0.1, -0.05) is 43.3 Å². The number of nitrogens with two attached hydrogens (primary N) is 1. The molecule has 112 valence electrons. The van der Waals surface area contributed by atoms with E-state index in [9.17, 15) is 9.90 Å². The zero-order chi connectivity index (χ0) is 15.4. The first-order valence-electron chi connectivity index (χ1n) is 7.19. The van der Waals surface area contributed by atoms with Crippen LogP contribution < -0.4 is 11.1 Å². The number of benzene rings is 2. The van der Waals surface area contributed by atoms with Gasteiger partial charge in [-0.2, -0.15) is 0 Å². The van der Waals surface area contributed by atoms with E-state index < -0.39 is 6.10 Å². The van der Waals surface area contributed by atoms with Gasteiger partial charge in [0.25, 0.3) is 0 Å². The molecule has 0 saturated carbocycles. The summed E-state index contributed by atoms with van der Waals surface area (Å²) >= 11 is 0. The van der Waals surface area contributed by atoms with E-state index in [0.29, 0.717) is 0 Å². The second-order valence-electron chi connectivity index (χ2n) is 5.52. The largest absolute Gasteiger partial charge is 0.387 e. The number of nitrogens with one attached hydrogen (secondary N) is 1. The average molecular weight is 286 g/mol. The van der Waals surface area contributed by atoms with Crippen LogP contribution in [0.1, 0.15) is 25.5 Å². The number of carbonyl (C=O) groups excluding carboxylic acids is 1. The Balaban J connectivity index is 2.02. The van der Waals surface area contributed by atoms with Gasteiger partial charge < -0.3 is 16.2 Å². The Kier molecular flexibility index (Phi) is 4.94. The van der Waals surface area contributed by atoms with Crippen LogP contribution in [0.5, 0.6) is 0 Å². The standard InChI is InChI=1S/C17H22N2O2/c1-11(12(2)18)17(21)19-10-16(20)15-8-7-13-5-3-4-6-14(13)9-15/h3-9,11-12,16,20H,10,18H2,1-2H3,(H,19,21). The van der Waals surface area contributed by atoms with Gasteiger partial charge in [0.2, 0.25) is 5.91 Å². The summed E-state index contributed by atoms with van der Waals surface area (Å²) in [7, 11) is 0. The van der Waals surface area contributed by atoms with Crippen molar-refractivity contribution in [2.45, 2.75) is 26.0 Å². The monoisotopic (exact) mass is 286 g/mol. The zero-order valence-corrected chi connectivity index (χ0v) is 12.4. The van der Waals surface area contributed by atoms with Crippen molar-refractivity contribution in [2.24, 2.45) is 11.7 Å². The first-order valence-corrected chi connectivity index (χ1v) is 7.19. The number of carbonyl (C=O) groups is 1. The van der Waals surface area contributed by atoms with Crippen LogP contribution in [-0.4, -0.2) is 23.6 Å². The van der Waals surface area contributed by atoms with Gasteiger partial charge in [-0.15, -0.1) is 0 Å². The number of hydrogen-bond donors (Lipinski definition) is 3. The van der Waals surface area contributed by atoms with Gasteiger partial charge in [-0.05, 0) is 29.3 Å².